The maximum Gasteiger partial charge on any atom is 0.393 e. The number of nitrogens with one attached hydrogen (secondary N) is 1. The van der Waals surface area contributed by atoms with Gasteiger partial charge in [0, 0.05) is 32.0 Å². The molecule has 3 aliphatic rings. The molecule has 31 heavy (non-hydrogen) atoms. The molecule has 164 valence electrons. The van der Waals surface area contributed by atoms with Gasteiger partial charge in [0.2, 0.25) is 0 Å². The van der Waals surface area contributed by atoms with Gasteiger partial charge in [-0.05, 0) is 37.8 Å². The number of rotatable bonds is 2. The molecule has 1 unspecified atom stereocenters. The van der Waals surface area contributed by atoms with Crippen LogP contribution in [-0.4, -0.2) is 53.0 Å². The summed E-state index contributed by atoms with van der Waals surface area (Å²) in [4.78, 5) is 31.2. The van der Waals surface area contributed by atoms with Gasteiger partial charge in [-0.15, -0.1) is 0 Å². The molecule has 2 aromatic rings. The Morgan fingerprint density at radius 2 is 1.97 bits per heavy atom. The molecule has 2 saturated heterocycles. The Kier molecular flexibility index (Phi) is 4.82. The SMILES string of the molecule is O=C(Nc1cnccn1)N1c2nc(N3CCCC(C(F)(F)F)C3)ccc2N2CCC[C@H]21. The summed E-state index contributed by atoms with van der Waals surface area (Å²) in [5.41, 5.74) is 0.824. The predicted octanol–water partition coefficient (Wildman–Crippen LogP) is 3.63. The highest BCUT2D eigenvalue weighted by Gasteiger charge is 2.45. The van der Waals surface area contributed by atoms with E-state index in [4.69, 9.17) is 0 Å². The second kappa shape index (κ2) is 7.54. The van der Waals surface area contributed by atoms with Gasteiger partial charge in [0.25, 0.3) is 0 Å². The van der Waals surface area contributed by atoms with Crippen molar-refractivity contribution in [3.63, 3.8) is 0 Å². The topological polar surface area (TPSA) is 77.5 Å². The minimum atomic E-state index is -4.22. The largest absolute Gasteiger partial charge is 0.393 e. The van der Waals surface area contributed by atoms with Crippen LogP contribution in [0, 0.1) is 5.92 Å². The van der Waals surface area contributed by atoms with E-state index in [1.165, 1.54) is 18.6 Å². The predicted molar refractivity (Wildman–Crippen MR) is 109 cm³/mol. The number of hydrogen-bond acceptors (Lipinski definition) is 6. The summed E-state index contributed by atoms with van der Waals surface area (Å²) in [7, 11) is 0. The number of urea groups is 1. The van der Waals surface area contributed by atoms with Crippen LogP contribution in [0.2, 0.25) is 0 Å². The van der Waals surface area contributed by atoms with Crippen molar-refractivity contribution < 1.29 is 18.0 Å². The Hall–Kier alpha value is -3.11. The number of carbonyl (C=O) groups is 1. The fraction of sp³-hybridized carbons (Fsp3) is 0.500. The van der Waals surface area contributed by atoms with E-state index >= 15 is 0 Å². The van der Waals surface area contributed by atoms with Gasteiger partial charge in [-0.2, -0.15) is 13.2 Å². The van der Waals surface area contributed by atoms with Crippen LogP contribution in [0.1, 0.15) is 25.7 Å². The zero-order chi connectivity index (χ0) is 21.6. The highest BCUT2D eigenvalue weighted by atomic mass is 19.4. The molecule has 3 aliphatic heterocycles. The van der Waals surface area contributed by atoms with E-state index in [0.717, 1.165) is 25.1 Å². The standard InChI is InChI=1S/C20H22F3N7O/c21-20(22,23)13-3-1-9-28(12-13)16-6-5-14-18(27-16)30(17-4-2-10-29(14)17)19(31)26-15-11-24-7-8-25-15/h5-8,11,13,17H,1-4,9-10,12H2,(H,25,26,31)/t13?,17-/m1/s1. The normalized spacial score (nSPS) is 23.0. The number of hydrogen-bond donors (Lipinski definition) is 1. The zero-order valence-electron chi connectivity index (χ0n) is 16.7. The summed E-state index contributed by atoms with van der Waals surface area (Å²) in [6.07, 6.45) is 2.39. The Morgan fingerprint density at radius 1 is 1.13 bits per heavy atom. The van der Waals surface area contributed by atoms with Crippen molar-refractivity contribution in [3.05, 3.63) is 30.7 Å². The Labute approximate surface area is 177 Å². The van der Waals surface area contributed by atoms with E-state index in [-0.39, 0.29) is 25.2 Å². The van der Waals surface area contributed by atoms with E-state index in [1.807, 2.05) is 6.07 Å². The molecular formula is C20H22F3N7O. The highest BCUT2D eigenvalue weighted by molar-refractivity contribution is 6.05. The second-order valence-electron chi connectivity index (χ2n) is 8.05. The minimum Gasteiger partial charge on any atom is -0.356 e. The number of alkyl halides is 3. The van der Waals surface area contributed by atoms with E-state index < -0.39 is 12.1 Å². The monoisotopic (exact) mass is 433 g/mol. The summed E-state index contributed by atoms with van der Waals surface area (Å²) in [6, 6.07) is 3.24. The summed E-state index contributed by atoms with van der Waals surface area (Å²) < 4.78 is 39.8. The molecule has 2 fully saturated rings. The van der Waals surface area contributed by atoms with Crippen molar-refractivity contribution >= 4 is 29.2 Å². The molecular weight excluding hydrogens is 411 g/mol. The lowest BCUT2D eigenvalue weighted by molar-refractivity contribution is -0.176. The van der Waals surface area contributed by atoms with Crippen LogP contribution in [0.4, 0.5) is 41.1 Å². The number of nitrogens with zero attached hydrogens (tertiary/aromatic N) is 6. The van der Waals surface area contributed by atoms with Crippen molar-refractivity contribution in [2.24, 2.45) is 5.92 Å². The summed E-state index contributed by atoms with van der Waals surface area (Å²) >= 11 is 0. The lowest BCUT2D eigenvalue weighted by Gasteiger charge is -2.34. The van der Waals surface area contributed by atoms with E-state index in [9.17, 15) is 18.0 Å². The van der Waals surface area contributed by atoms with Crippen LogP contribution in [-0.2, 0) is 0 Å². The molecule has 0 aromatic carbocycles. The van der Waals surface area contributed by atoms with Crippen molar-refractivity contribution in [2.75, 3.05) is 39.7 Å². The van der Waals surface area contributed by atoms with Crippen molar-refractivity contribution in [1.29, 1.82) is 0 Å². The average Bonchev–Trinajstić information content (AvgIpc) is 3.34. The number of anilines is 4. The first-order valence-electron chi connectivity index (χ1n) is 10.4. The third-order valence-electron chi connectivity index (χ3n) is 6.12. The minimum absolute atomic E-state index is 0.117. The molecule has 2 aromatic heterocycles. The summed E-state index contributed by atoms with van der Waals surface area (Å²) in [6.45, 7) is 1.19. The lowest BCUT2D eigenvalue weighted by Crippen LogP contribution is -2.45. The van der Waals surface area contributed by atoms with Gasteiger partial charge in [-0.25, -0.2) is 14.8 Å². The quantitative estimate of drug-likeness (QED) is 0.780. The lowest BCUT2D eigenvalue weighted by atomic mass is 9.97. The second-order valence-corrected chi connectivity index (χ2v) is 8.05. The number of piperidine rings is 1. The van der Waals surface area contributed by atoms with E-state index in [2.05, 4.69) is 25.2 Å². The molecule has 0 radical (unpaired) electrons. The van der Waals surface area contributed by atoms with Crippen LogP contribution in [0.25, 0.3) is 0 Å². The third kappa shape index (κ3) is 3.61. The van der Waals surface area contributed by atoms with Gasteiger partial charge < -0.3 is 9.80 Å². The average molecular weight is 433 g/mol. The molecule has 0 saturated carbocycles. The van der Waals surface area contributed by atoms with Gasteiger partial charge in [0.05, 0.1) is 17.8 Å². The van der Waals surface area contributed by atoms with E-state index in [0.29, 0.717) is 30.4 Å². The van der Waals surface area contributed by atoms with Gasteiger partial charge in [0.15, 0.2) is 11.6 Å². The van der Waals surface area contributed by atoms with Crippen LogP contribution < -0.4 is 20.0 Å². The molecule has 5 heterocycles. The molecule has 11 heteroatoms. The molecule has 1 N–H and O–H groups in total. The van der Waals surface area contributed by atoms with Crippen LogP contribution in [0.3, 0.4) is 0 Å². The Morgan fingerprint density at radius 3 is 2.74 bits per heavy atom. The first-order chi connectivity index (χ1) is 14.9. The first kappa shape index (κ1) is 19.8. The summed E-state index contributed by atoms with van der Waals surface area (Å²) in [5.74, 6) is -0.106. The fourth-order valence-corrected chi connectivity index (χ4v) is 4.67. The molecule has 0 bridgehead atoms. The smallest absolute Gasteiger partial charge is 0.356 e. The first-order valence-corrected chi connectivity index (χ1v) is 10.4. The van der Waals surface area contributed by atoms with Gasteiger partial charge in [-0.1, -0.05) is 0 Å². The fourth-order valence-electron chi connectivity index (χ4n) is 4.67. The number of pyridine rings is 1. The zero-order valence-corrected chi connectivity index (χ0v) is 16.7. The highest BCUT2D eigenvalue weighted by Crippen LogP contribution is 2.44. The van der Waals surface area contributed by atoms with Gasteiger partial charge in [-0.3, -0.25) is 15.2 Å². The van der Waals surface area contributed by atoms with Gasteiger partial charge >= 0.3 is 12.2 Å². The third-order valence-corrected chi connectivity index (χ3v) is 6.12. The van der Waals surface area contributed by atoms with Gasteiger partial charge in [0.1, 0.15) is 12.0 Å². The molecule has 2 amide bonds. The van der Waals surface area contributed by atoms with Crippen LogP contribution in [0.15, 0.2) is 30.7 Å². The van der Waals surface area contributed by atoms with Crippen LogP contribution in [0.5, 0.6) is 0 Å². The maximum atomic E-state index is 13.3. The number of carbonyl (C=O) groups excluding carboxylic acids is 1. The molecule has 0 spiro atoms. The number of fused-ring (bicyclic) bond motifs is 3. The number of aromatic nitrogens is 3. The Bertz CT molecular complexity index is 971. The summed E-state index contributed by atoms with van der Waals surface area (Å²) in [5, 5.41) is 2.75. The number of halogens is 3. The molecule has 8 nitrogen and oxygen atoms in total. The maximum absolute atomic E-state index is 13.3. The van der Waals surface area contributed by atoms with E-state index in [1.54, 1.807) is 15.9 Å². The molecule has 2 atom stereocenters. The van der Waals surface area contributed by atoms with Crippen molar-refractivity contribution in [3.8, 4) is 0 Å². The Balaban J connectivity index is 1.44. The molecule has 0 aliphatic carbocycles. The van der Waals surface area contributed by atoms with Crippen LogP contribution >= 0.6 is 0 Å². The number of amides is 2. The van der Waals surface area contributed by atoms with Crippen molar-refractivity contribution in [1.82, 2.24) is 15.0 Å². The molecule has 5 rings (SSSR count). The van der Waals surface area contributed by atoms with Crippen molar-refractivity contribution in [2.45, 2.75) is 38.0 Å².